The number of nitrogens with one attached hydrogen (secondary N) is 1. The Bertz CT molecular complexity index is 1320. The first kappa shape index (κ1) is 22.0. The minimum absolute atomic E-state index is 0.0448. The van der Waals surface area contributed by atoms with Crippen molar-refractivity contribution in [3.05, 3.63) is 88.5 Å². The summed E-state index contributed by atoms with van der Waals surface area (Å²) >= 11 is 1.13. The van der Waals surface area contributed by atoms with Crippen molar-refractivity contribution >= 4 is 29.0 Å². The minimum Gasteiger partial charge on any atom is -0.507 e. The zero-order valence-corrected chi connectivity index (χ0v) is 18.3. The highest BCUT2D eigenvalue weighted by molar-refractivity contribution is 7.99. The highest BCUT2D eigenvalue weighted by Gasteiger charge is 2.20. The molecule has 0 fully saturated rings. The van der Waals surface area contributed by atoms with Crippen molar-refractivity contribution in [3.63, 3.8) is 0 Å². The van der Waals surface area contributed by atoms with Gasteiger partial charge < -0.3 is 10.4 Å². The summed E-state index contributed by atoms with van der Waals surface area (Å²) in [6.45, 7) is 1.97. The summed E-state index contributed by atoms with van der Waals surface area (Å²) in [4.78, 5) is 23.2. The van der Waals surface area contributed by atoms with Crippen LogP contribution in [-0.2, 0) is 4.79 Å². The van der Waals surface area contributed by atoms with Gasteiger partial charge in [-0.15, -0.1) is 10.2 Å². The molecule has 10 heteroatoms. The molecule has 0 aliphatic rings. The molecule has 33 heavy (non-hydrogen) atoms. The highest BCUT2D eigenvalue weighted by atomic mass is 32.2. The largest absolute Gasteiger partial charge is 0.507 e. The first-order chi connectivity index (χ1) is 15.9. The predicted octanol–water partition coefficient (Wildman–Crippen LogP) is 4.59. The molecule has 1 aromatic heterocycles. The zero-order chi connectivity index (χ0) is 23.4. The van der Waals surface area contributed by atoms with E-state index in [-0.39, 0.29) is 22.9 Å². The summed E-state index contributed by atoms with van der Waals surface area (Å²) in [6.07, 6.45) is 0. The predicted molar refractivity (Wildman–Crippen MR) is 126 cm³/mol. The standard InChI is InChI=1S/C23H19N5O4S/c1-15-10-12-16(13-11-15)27-22(17-6-2-5-9-20(17)29)25-26-23(27)33-14-21(30)24-18-7-3-4-8-19(18)28(31)32/h2-13,29H,14H2,1H3,(H,24,30). The lowest BCUT2D eigenvalue weighted by molar-refractivity contribution is -0.383. The summed E-state index contributed by atoms with van der Waals surface area (Å²) < 4.78 is 1.76. The van der Waals surface area contributed by atoms with E-state index in [1.807, 2.05) is 31.2 Å². The number of anilines is 1. The Balaban J connectivity index is 1.62. The van der Waals surface area contributed by atoms with Gasteiger partial charge >= 0.3 is 0 Å². The maximum absolute atomic E-state index is 12.5. The lowest BCUT2D eigenvalue weighted by Crippen LogP contribution is -2.15. The molecule has 2 N–H and O–H groups in total. The number of nitrogens with zero attached hydrogens (tertiary/aromatic N) is 4. The molecule has 1 amide bonds. The molecule has 0 spiro atoms. The molecule has 0 saturated carbocycles. The number of aromatic nitrogens is 3. The van der Waals surface area contributed by atoms with E-state index >= 15 is 0 Å². The number of hydrogen-bond acceptors (Lipinski definition) is 7. The molecule has 4 rings (SSSR count). The van der Waals surface area contributed by atoms with Crippen LogP contribution in [0.3, 0.4) is 0 Å². The van der Waals surface area contributed by atoms with Crippen LogP contribution >= 0.6 is 11.8 Å². The number of carbonyl (C=O) groups is 1. The third kappa shape index (κ3) is 4.85. The normalized spacial score (nSPS) is 10.7. The second-order valence-corrected chi connectivity index (χ2v) is 8.05. The van der Waals surface area contributed by atoms with E-state index in [9.17, 15) is 20.0 Å². The fourth-order valence-corrected chi connectivity index (χ4v) is 3.93. The molecule has 0 bridgehead atoms. The average Bonchev–Trinajstić information content (AvgIpc) is 3.22. The number of hydrogen-bond donors (Lipinski definition) is 2. The number of benzene rings is 3. The lowest BCUT2D eigenvalue weighted by Gasteiger charge is -2.11. The van der Waals surface area contributed by atoms with Crippen molar-refractivity contribution in [2.45, 2.75) is 12.1 Å². The van der Waals surface area contributed by atoms with Gasteiger partial charge in [-0.1, -0.05) is 53.7 Å². The van der Waals surface area contributed by atoms with Crippen molar-refractivity contribution in [2.75, 3.05) is 11.1 Å². The van der Waals surface area contributed by atoms with Gasteiger partial charge in [-0.05, 0) is 37.3 Å². The number of para-hydroxylation sites is 3. The van der Waals surface area contributed by atoms with E-state index in [2.05, 4.69) is 15.5 Å². The van der Waals surface area contributed by atoms with Gasteiger partial charge in [0.1, 0.15) is 11.4 Å². The maximum Gasteiger partial charge on any atom is 0.292 e. The van der Waals surface area contributed by atoms with E-state index in [0.29, 0.717) is 16.5 Å². The van der Waals surface area contributed by atoms with Gasteiger partial charge in [0.05, 0.1) is 16.2 Å². The van der Waals surface area contributed by atoms with Gasteiger partial charge in [-0.2, -0.15) is 0 Å². The molecular formula is C23H19N5O4S. The average molecular weight is 462 g/mol. The number of aromatic hydroxyl groups is 1. The number of thioether (sulfide) groups is 1. The van der Waals surface area contributed by atoms with Crippen LogP contribution < -0.4 is 5.32 Å². The summed E-state index contributed by atoms with van der Waals surface area (Å²) in [5.74, 6) is 0.0240. The molecule has 3 aromatic carbocycles. The second-order valence-electron chi connectivity index (χ2n) is 7.11. The van der Waals surface area contributed by atoms with Crippen molar-refractivity contribution < 1.29 is 14.8 Å². The lowest BCUT2D eigenvalue weighted by atomic mass is 10.1. The number of nitro benzene ring substituents is 1. The fraction of sp³-hybridized carbons (Fsp3) is 0.0870. The fourth-order valence-electron chi connectivity index (χ4n) is 3.18. The monoisotopic (exact) mass is 461 g/mol. The van der Waals surface area contributed by atoms with E-state index < -0.39 is 10.8 Å². The number of carbonyl (C=O) groups excluding carboxylic acids is 1. The van der Waals surface area contributed by atoms with Crippen LogP contribution in [0.25, 0.3) is 17.1 Å². The smallest absolute Gasteiger partial charge is 0.292 e. The summed E-state index contributed by atoms with van der Waals surface area (Å²) in [5, 5.41) is 33.0. The Morgan fingerprint density at radius 3 is 2.48 bits per heavy atom. The Hall–Kier alpha value is -4.18. The third-order valence-corrected chi connectivity index (χ3v) is 5.71. The molecule has 0 aliphatic heterocycles. The topological polar surface area (TPSA) is 123 Å². The van der Waals surface area contributed by atoms with Crippen molar-refractivity contribution in [1.82, 2.24) is 14.8 Å². The van der Waals surface area contributed by atoms with Crippen molar-refractivity contribution in [3.8, 4) is 22.8 Å². The van der Waals surface area contributed by atoms with Gasteiger partial charge in [-0.25, -0.2) is 0 Å². The zero-order valence-electron chi connectivity index (χ0n) is 17.5. The molecule has 1 heterocycles. The summed E-state index contributed by atoms with van der Waals surface area (Å²) in [6, 6.07) is 20.5. The number of nitro groups is 1. The van der Waals surface area contributed by atoms with Gasteiger partial charge in [0, 0.05) is 11.8 Å². The van der Waals surface area contributed by atoms with Gasteiger partial charge in [0.25, 0.3) is 5.69 Å². The van der Waals surface area contributed by atoms with E-state index in [1.54, 1.807) is 34.9 Å². The Morgan fingerprint density at radius 1 is 1.06 bits per heavy atom. The van der Waals surface area contributed by atoms with Crippen LogP contribution in [0, 0.1) is 17.0 Å². The Labute approximate surface area is 193 Å². The first-order valence-corrected chi connectivity index (χ1v) is 10.9. The number of aryl methyl sites for hydroxylation is 1. The van der Waals surface area contributed by atoms with Crippen LogP contribution in [0.5, 0.6) is 5.75 Å². The van der Waals surface area contributed by atoms with E-state index in [0.717, 1.165) is 23.0 Å². The molecule has 0 radical (unpaired) electrons. The quantitative estimate of drug-likeness (QED) is 0.234. The van der Waals surface area contributed by atoms with Crippen molar-refractivity contribution in [1.29, 1.82) is 0 Å². The SMILES string of the molecule is Cc1ccc(-n2c(SCC(=O)Nc3ccccc3[N+](=O)[O-])nnc2-c2ccccc2O)cc1. The molecule has 9 nitrogen and oxygen atoms in total. The molecule has 4 aromatic rings. The van der Waals surface area contributed by atoms with Crippen molar-refractivity contribution in [2.24, 2.45) is 0 Å². The molecule has 0 atom stereocenters. The molecule has 0 unspecified atom stereocenters. The van der Waals surface area contributed by atoms with E-state index in [4.69, 9.17) is 0 Å². The van der Waals surface area contributed by atoms with Crippen LogP contribution in [0.2, 0.25) is 0 Å². The second kappa shape index (κ2) is 9.53. The summed E-state index contributed by atoms with van der Waals surface area (Å²) in [7, 11) is 0. The number of phenols is 1. The third-order valence-electron chi connectivity index (χ3n) is 4.78. The molecule has 0 aliphatic carbocycles. The van der Waals surface area contributed by atoms with Gasteiger partial charge in [-0.3, -0.25) is 19.5 Å². The Morgan fingerprint density at radius 2 is 1.76 bits per heavy atom. The number of phenolic OH excluding ortho intramolecular Hbond substituents is 1. The number of amides is 1. The highest BCUT2D eigenvalue weighted by Crippen LogP contribution is 2.33. The summed E-state index contributed by atoms with van der Waals surface area (Å²) in [5.41, 5.74) is 2.30. The van der Waals surface area contributed by atoms with Gasteiger partial charge in [0.15, 0.2) is 11.0 Å². The molecular weight excluding hydrogens is 442 g/mol. The van der Waals surface area contributed by atoms with Crippen LogP contribution in [-0.4, -0.2) is 36.5 Å². The van der Waals surface area contributed by atoms with Crippen LogP contribution in [0.1, 0.15) is 5.56 Å². The molecule has 0 saturated heterocycles. The van der Waals surface area contributed by atoms with Crippen LogP contribution in [0.15, 0.2) is 78.0 Å². The van der Waals surface area contributed by atoms with E-state index in [1.165, 1.54) is 18.2 Å². The van der Waals surface area contributed by atoms with Gasteiger partial charge in [0.2, 0.25) is 5.91 Å². The maximum atomic E-state index is 12.5. The Kier molecular flexibility index (Phi) is 6.36. The first-order valence-electron chi connectivity index (χ1n) is 9.91. The van der Waals surface area contributed by atoms with Crippen LogP contribution in [0.4, 0.5) is 11.4 Å². The number of rotatable bonds is 7. The molecule has 166 valence electrons. The minimum atomic E-state index is -0.546.